The maximum atomic E-state index is 6.58. The summed E-state index contributed by atoms with van der Waals surface area (Å²) in [6, 6.07) is 75.1. The molecule has 2 aliphatic heterocycles. The van der Waals surface area contributed by atoms with Gasteiger partial charge >= 0.3 is 0 Å². The highest BCUT2D eigenvalue weighted by atomic mass is 28.3. The number of rotatable bonds is 1. The molecule has 0 N–H and O–H groups in total. The zero-order valence-electron chi connectivity index (χ0n) is 30.9. The lowest BCUT2D eigenvalue weighted by molar-refractivity contribution is 0.669. The third-order valence-electron chi connectivity index (χ3n) is 12.8. The number of furan rings is 1. The van der Waals surface area contributed by atoms with Gasteiger partial charge in [0.05, 0.1) is 11.0 Å². The van der Waals surface area contributed by atoms with Crippen molar-refractivity contribution in [2.24, 2.45) is 0 Å². The molecule has 57 heavy (non-hydrogen) atoms. The molecular formula is C54H33NOSi. The number of fused-ring (bicyclic) bond motifs is 20. The SMILES string of the molecule is c1ccc2c(c1)-c1ccc(-n3c4ccccc4c4ccccc43)cc1-c1ccccc1[Si]21c2ccccc2-c2cc3oc4ccccc4c3cc2-c2ccccc21. The van der Waals surface area contributed by atoms with Gasteiger partial charge in [0.2, 0.25) is 0 Å². The molecule has 0 bridgehead atoms. The molecule has 0 aliphatic carbocycles. The van der Waals surface area contributed by atoms with E-state index in [4.69, 9.17) is 4.42 Å². The van der Waals surface area contributed by atoms with Crippen molar-refractivity contribution in [2.75, 3.05) is 0 Å². The Kier molecular flexibility index (Phi) is 6.22. The molecule has 2 nitrogen and oxygen atoms in total. The number of hydrogen-bond donors (Lipinski definition) is 0. The molecule has 1 spiro atoms. The third kappa shape index (κ3) is 4.03. The predicted molar refractivity (Wildman–Crippen MR) is 241 cm³/mol. The van der Waals surface area contributed by atoms with Crippen LogP contribution in [0.4, 0.5) is 0 Å². The molecule has 2 aromatic heterocycles. The van der Waals surface area contributed by atoms with E-state index >= 15 is 0 Å². The van der Waals surface area contributed by atoms with Gasteiger partial charge in [-0.25, -0.2) is 0 Å². The average Bonchev–Trinajstić information content (AvgIpc) is 3.75. The van der Waals surface area contributed by atoms with Gasteiger partial charge in [0.15, 0.2) is 8.07 Å². The molecule has 0 radical (unpaired) electrons. The van der Waals surface area contributed by atoms with Crippen LogP contribution in [-0.4, -0.2) is 12.6 Å². The lowest BCUT2D eigenvalue weighted by Crippen LogP contribution is -2.75. The summed E-state index contributed by atoms with van der Waals surface area (Å²) in [7, 11) is -3.07. The molecule has 0 fully saturated rings. The second kappa shape index (κ2) is 11.4. The normalized spacial score (nSPS) is 15.1. The monoisotopic (exact) mass is 739 g/mol. The van der Waals surface area contributed by atoms with Crippen molar-refractivity contribution >= 4 is 72.6 Å². The van der Waals surface area contributed by atoms with Crippen molar-refractivity contribution in [1.29, 1.82) is 0 Å². The molecule has 1 unspecified atom stereocenters. The second-order valence-electron chi connectivity index (χ2n) is 15.5. The molecule has 1 atom stereocenters. The molecule has 0 amide bonds. The van der Waals surface area contributed by atoms with E-state index in [1.54, 1.807) is 0 Å². The number of hydrogen-bond acceptors (Lipinski definition) is 1. The standard InChI is InChI=1S/C54H33NOSi/c1-8-22-47-36(15-1)37-16-2-9-23-48(37)55(47)34-29-30-35-39-18-4-11-25-51(39)57(52-26-12-5-19-40(52)43(35)31-34)53-27-13-6-20-41(53)44-32-46-38-17-3-10-24-49(38)56-50(46)33-45(44)42-21-7-14-28-54(42)57/h1-33H. The van der Waals surface area contributed by atoms with Crippen LogP contribution in [0.25, 0.3) is 93.9 Å². The molecular weight excluding hydrogens is 707 g/mol. The fourth-order valence-corrected chi connectivity index (χ4v) is 16.2. The topological polar surface area (TPSA) is 18.1 Å². The first-order valence-electron chi connectivity index (χ1n) is 19.8. The summed E-state index contributed by atoms with van der Waals surface area (Å²) in [6.45, 7) is 0. The van der Waals surface area contributed by atoms with E-state index < -0.39 is 8.07 Å². The summed E-state index contributed by atoms with van der Waals surface area (Å²) >= 11 is 0. The Hall–Kier alpha value is -7.20. The third-order valence-corrected chi connectivity index (χ3v) is 17.8. The summed E-state index contributed by atoms with van der Waals surface area (Å²) in [5.74, 6) is 0. The Labute approximate surface area is 330 Å². The maximum absolute atomic E-state index is 6.58. The minimum Gasteiger partial charge on any atom is -0.456 e. The van der Waals surface area contributed by atoms with Crippen LogP contribution in [0.1, 0.15) is 0 Å². The van der Waals surface area contributed by atoms with Crippen LogP contribution < -0.4 is 20.7 Å². The molecule has 11 aromatic rings. The van der Waals surface area contributed by atoms with Crippen LogP contribution >= 0.6 is 0 Å². The van der Waals surface area contributed by atoms with Crippen molar-refractivity contribution in [1.82, 2.24) is 4.57 Å². The minimum absolute atomic E-state index is 0.921. The van der Waals surface area contributed by atoms with E-state index in [-0.39, 0.29) is 0 Å². The number of aromatic nitrogens is 1. The van der Waals surface area contributed by atoms with Gasteiger partial charge in [0.25, 0.3) is 0 Å². The smallest absolute Gasteiger partial charge is 0.182 e. The van der Waals surface area contributed by atoms with Gasteiger partial charge in [-0.05, 0) is 108 Å². The minimum atomic E-state index is -3.07. The van der Waals surface area contributed by atoms with Crippen LogP contribution in [0.2, 0.25) is 0 Å². The van der Waals surface area contributed by atoms with Gasteiger partial charge < -0.3 is 8.98 Å². The summed E-state index contributed by atoms with van der Waals surface area (Å²) in [5.41, 5.74) is 15.6. The molecule has 2 aliphatic rings. The van der Waals surface area contributed by atoms with Crippen molar-refractivity contribution in [3.63, 3.8) is 0 Å². The molecule has 9 aromatic carbocycles. The van der Waals surface area contributed by atoms with Crippen LogP contribution in [0.5, 0.6) is 0 Å². The fourth-order valence-electron chi connectivity index (χ4n) is 10.6. The second-order valence-corrected chi connectivity index (χ2v) is 19.2. The Balaban J connectivity index is 1.17. The van der Waals surface area contributed by atoms with Crippen molar-refractivity contribution in [3.8, 4) is 50.2 Å². The Morgan fingerprint density at radius 1 is 0.298 bits per heavy atom. The molecule has 0 saturated heterocycles. The summed E-state index contributed by atoms with van der Waals surface area (Å²) in [5, 5.41) is 10.5. The van der Waals surface area contributed by atoms with Crippen molar-refractivity contribution < 1.29 is 4.42 Å². The van der Waals surface area contributed by atoms with Gasteiger partial charge in [-0.1, -0.05) is 158 Å². The Bertz CT molecular complexity index is 3440. The van der Waals surface area contributed by atoms with Crippen LogP contribution in [-0.2, 0) is 0 Å². The highest BCUT2D eigenvalue weighted by Crippen LogP contribution is 2.44. The number of nitrogens with zero attached hydrogens (tertiary/aromatic N) is 1. The van der Waals surface area contributed by atoms with Crippen LogP contribution in [0.15, 0.2) is 205 Å². The maximum Gasteiger partial charge on any atom is 0.182 e. The van der Waals surface area contributed by atoms with Crippen LogP contribution in [0, 0.1) is 0 Å². The lowest BCUT2D eigenvalue weighted by Gasteiger charge is -2.37. The summed E-state index contributed by atoms with van der Waals surface area (Å²) < 4.78 is 9.03. The molecule has 0 saturated carbocycles. The molecule has 13 rings (SSSR count). The molecule has 264 valence electrons. The lowest BCUT2D eigenvalue weighted by atomic mass is 9.93. The van der Waals surface area contributed by atoms with Gasteiger partial charge in [-0.2, -0.15) is 0 Å². The number of para-hydroxylation sites is 3. The zero-order valence-corrected chi connectivity index (χ0v) is 31.9. The van der Waals surface area contributed by atoms with Gasteiger partial charge in [0.1, 0.15) is 11.2 Å². The predicted octanol–water partition coefficient (Wildman–Crippen LogP) is 11.4. The summed E-state index contributed by atoms with van der Waals surface area (Å²) in [4.78, 5) is 0. The molecule has 4 heterocycles. The van der Waals surface area contributed by atoms with Crippen LogP contribution in [0.3, 0.4) is 0 Å². The van der Waals surface area contributed by atoms with E-state index in [1.165, 1.54) is 92.7 Å². The van der Waals surface area contributed by atoms with E-state index in [1.807, 2.05) is 0 Å². The quantitative estimate of drug-likeness (QED) is 0.153. The zero-order chi connectivity index (χ0) is 37.2. The van der Waals surface area contributed by atoms with E-state index in [2.05, 4.69) is 205 Å². The van der Waals surface area contributed by atoms with Gasteiger partial charge in [0, 0.05) is 27.2 Å². The number of benzene rings is 9. The average molecular weight is 740 g/mol. The Morgan fingerprint density at radius 3 is 1.32 bits per heavy atom. The van der Waals surface area contributed by atoms with E-state index in [0.29, 0.717) is 0 Å². The fraction of sp³-hybridized carbons (Fsp3) is 0. The van der Waals surface area contributed by atoms with Crippen molar-refractivity contribution in [2.45, 2.75) is 0 Å². The van der Waals surface area contributed by atoms with Gasteiger partial charge in [-0.3, -0.25) is 0 Å². The highest BCUT2D eigenvalue weighted by molar-refractivity contribution is 7.22. The molecule has 3 heteroatoms. The van der Waals surface area contributed by atoms with Gasteiger partial charge in [-0.15, -0.1) is 0 Å². The largest absolute Gasteiger partial charge is 0.456 e. The van der Waals surface area contributed by atoms with E-state index in [0.717, 1.165) is 21.9 Å². The highest BCUT2D eigenvalue weighted by Gasteiger charge is 2.50. The first-order chi connectivity index (χ1) is 28.3. The summed E-state index contributed by atoms with van der Waals surface area (Å²) in [6.07, 6.45) is 0. The van der Waals surface area contributed by atoms with E-state index in [9.17, 15) is 0 Å². The van der Waals surface area contributed by atoms with Crippen molar-refractivity contribution in [3.05, 3.63) is 200 Å². The Morgan fingerprint density at radius 2 is 0.737 bits per heavy atom. The first kappa shape index (κ1) is 31.0. The first-order valence-corrected chi connectivity index (χ1v) is 21.8.